The van der Waals surface area contributed by atoms with Gasteiger partial charge in [0.2, 0.25) is 0 Å². The minimum absolute atomic E-state index is 0.256. The number of aliphatic carboxylic acids is 1. The molecule has 0 heterocycles. The van der Waals surface area contributed by atoms with Gasteiger partial charge in [0.05, 0.1) is 5.69 Å². The third-order valence-electron chi connectivity index (χ3n) is 2.61. The zero-order chi connectivity index (χ0) is 16.1. The van der Waals surface area contributed by atoms with Crippen molar-refractivity contribution in [1.29, 1.82) is 0 Å². The Morgan fingerprint density at radius 1 is 1.09 bits per heavy atom. The van der Waals surface area contributed by atoms with Crippen molar-refractivity contribution in [3.8, 4) is 5.75 Å². The van der Waals surface area contributed by atoms with Crippen LogP contribution in [-0.2, 0) is 4.79 Å². The van der Waals surface area contributed by atoms with E-state index in [9.17, 15) is 9.59 Å². The van der Waals surface area contributed by atoms with Gasteiger partial charge < -0.3 is 15.2 Å². The molecule has 0 unspecified atom stereocenters. The number of halogens is 2. The quantitative estimate of drug-likeness (QED) is 0.870. The largest absolute Gasteiger partial charge is 0.480 e. The number of ether oxygens (including phenoxy) is 1. The van der Waals surface area contributed by atoms with Crippen molar-refractivity contribution >= 4 is 40.8 Å². The second-order valence-corrected chi connectivity index (χ2v) is 5.16. The highest BCUT2D eigenvalue weighted by molar-refractivity contribution is 6.35. The van der Waals surface area contributed by atoms with E-state index in [0.717, 1.165) is 0 Å². The molecule has 0 aromatic heterocycles. The highest BCUT2D eigenvalue weighted by Gasteiger charge is 2.12. The molecule has 1 amide bonds. The fourth-order valence-electron chi connectivity index (χ4n) is 1.71. The lowest BCUT2D eigenvalue weighted by atomic mass is 10.2. The van der Waals surface area contributed by atoms with Crippen LogP contribution in [0.1, 0.15) is 10.4 Å². The lowest BCUT2D eigenvalue weighted by Crippen LogP contribution is -2.15. The number of carboxylic acid groups (broad SMARTS) is 1. The topological polar surface area (TPSA) is 75.6 Å². The van der Waals surface area contributed by atoms with E-state index in [4.69, 9.17) is 33.0 Å². The number of para-hydroxylation sites is 2. The van der Waals surface area contributed by atoms with Crippen molar-refractivity contribution in [3.63, 3.8) is 0 Å². The first kappa shape index (κ1) is 16.1. The van der Waals surface area contributed by atoms with Crippen LogP contribution in [0, 0.1) is 0 Å². The third-order valence-corrected chi connectivity index (χ3v) is 3.05. The summed E-state index contributed by atoms with van der Waals surface area (Å²) in [6, 6.07) is 11.0. The fraction of sp³-hybridized carbons (Fsp3) is 0.0667. The Labute approximate surface area is 136 Å². The molecule has 2 aromatic rings. The molecule has 2 N–H and O–H groups in total. The summed E-state index contributed by atoms with van der Waals surface area (Å²) in [5.41, 5.74) is 0.635. The molecule has 0 spiro atoms. The van der Waals surface area contributed by atoms with E-state index in [-0.39, 0.29) is 11.3 Å². The molecular formula is C15H11Cl2NO4. The van der Waals surface area contributed by atoms with Gasteiger partial charge in [-0.1, -0.05) is 35.3 Å². The summed E-state index contributed by atoms with van der Waals surface area (Å²) in [7, 11) is 0. The average Bonchev–Trinajstić information content (AvgIpc) is 2.45. The molecule has 114 valence electrons. The number of amides is 1. The number of anilines is 1. The van der Waals surface area contributed by atoms with Gasteiger partial charge in [-0.05, 0) is 30.3 Å². The molecule has 7 heteroatoms. The molecule has 0 aliphatic rings. The molecule has 5 nitrogen and oxygen atoms in total. The Balaban J connectivity index is 2.19. The molecule has 2 rings (SSSR count). The van der Waals surface area contributed by atoms with Crippen molar-refractivity contribution in [2.75, 3.05) is 11.9 Å². The number of carbonyl (C=O) groups is 2. The number of carboxylic acids is 1. The smallest absolute Gasteiger partial charge is 0.341 e. The summed E-state index contributed by atoms with van der Waals surface area (Å²) in [6.07, 6.45) is 0. The highest BCUT2D eigenvalue weighted by Crippen LogP contribution is 2.25. The second-order valence-electron chi connectivity index (χ2n) is 4.29. The van der Waals surface area contributed by atoms with E-state index >= 15 is 0 Å². The Hall–Kier alpha value is -2.24. The van der Waals surface area contributed by atoms with Crippen LogP contribution < -0.4 is 10.1 Å². The van der Waals surface area contributed by atoms with Crippen LogP contribution in [0.2, 0.25) is 10.0 Å². The first-order valence-corrected chi connectivity index (χ1v) is 6.92. The van der Waals surface area contributed by atoms with Gasteiger partial charge in [-0.3, -0.25) is 4.79 Å². The number of hydrogen-bond acceptors (Lipinski definition) is 3. The Kier molecular flexibility index (Phi) is 5.25. The zero-order valence-electron chi connectivity index (χ0n) is 11.2. The molecule has 2 aromatic carbocycles. The van der Waals surface area contributed by atoms with E-state index in [2.05, 4.69) is 5.32 Å². The van der Waals surface area contributed by atoms with Crippen LogP contribution in [-0.4, -0.2) is 23.6 Å². The molecule has 0 fully saturated rings. The molecule has 0 saturated carbocycles. The lowest BCUT2D eigenvalue weighted by Gasteiger charge is -2.11. The van der Waals surface area contributed by atoms with Crippen LogP contribution in [0.3, 0.4) is 0 Å². The van der Waals surface area contributed by atoms with Gasteiger partial charge in [0, 0.05) is 15.6 Å². The van der Waals surface area contributed by atoms with Crippen LogP contribution in [0.4, 0.5) is 5.69 Å². The average molecular weight is 340 g/mol. The molecule has 0 saturated heterocycles. The van der Waals surface area contributed by atoms with Gasteiger partial charge in [-0.2, -0.15) is 0 Å². The van der Waals surface area contributed by atoms with Gasteiger partial charge >= 0.3 is 5.97 Å². The minimum Gasteiger partial charge on any atom is -0.480 e. The number of hydrogen-bond donors (Lipinski definition) is 2. The first-order chi connectivity index (χ1) is 10.5. The number of rotatable bonds is 5. The van der Waals surface area contributed by atoms with Crippen molar-refractivity contribution in [2.24, 2.45) is 0 Å². The minimum atomic E-state index is -1.11. The predicted molar refractivity (Wildman–Crippen MR) is 84.0 cm³/mol. The maximum absolute atomic E-state index is 12.2. The van der Waals surface area contributed by atoms with Gasteiger partial charge in [0.25, 0.3) is 5.91 Å². The summed E-state index contributed by atoms with van der Waals surface area (Å²) in [5, 5.41) is 12.0. The van der Waals surface area contributed by atoms with Crippen LogP contribution >= 0.6 is 23.2 Å². The number of nitrogens with one attached hydrogen (secondary N) is 1. The van der Waals surface area contributed by atoms with Gasteiger partial charge in [0.1, 0.15) is 5.75 Å². The van der Waals surface area contributed by atoms with Gasteiger partial charge in [0.15, 0.2) is 6.61 Å². The summed E-state index contributed by atoms with van der Waals surface area (Å²) >= 11 is 11.7. The second kappa shape index (κ2) is 7.15. The van der Waals surface area contributed by atoms with Gasteiger partial charge in [-0.25, -0.2) is 4.79 Å². The number of carbonyl (C=O) groups excluding carboxylic acids is 1. The zero-order valence-corrected chi connectivity index (χ0v) is 12.7. The van der Waals surface area contributed by atoms with E-state index in [1.54, 1.807) is 24.3 Å². The first-order valence-electron chi connectivity index (χ1n) is 6.17. The van der Waals surface area contributed by atoms with Crippen molar-refractivity contribution in [2.45, 2.75) is 0 Å². The molecule has 0 radical (unpaired) electrons. The maximum Gasteiger partial charge on any atom is 0.341 e. The Morgan fingerprint density at radius 3 is 2.36 bits per heavy atom. The van der Waals surface area contributed by atoms with Crippen LogP contribution in [0.5, 0.6) is 5.75 Å². The standard InChI is InChI=1S/C15H11Cl2NO4/c16-10-5-9(6-11(17)7-10)15(21)18-12-3-1-2-4-13(12)22-8-14(19)20/h1-7H,8H2,(H,18,21)(H,19,20). The third kappa shape index (κ3) is 4.38. The highest BCUT2D eigenvalue weighted by atomic mass is 35.5. The number of benzene rings is 2. The van der Waals surface area contributed by atoms with E-state index < -0.39 is 18.5 Å². The molecule has 0 aliphatic heterocycles. The van der Waals surface area contributed by atoms with E-state index in [1.165, 1.54) is 18.2 Å². The predicted octanol–water partition coefficient (Wildman–Crippen LogP) is 3.71. The lowest BCUT2D eigenvalue weighted by molar-refractivity contribution is -0.139. The molecule has 0 atom stereocenters. The van der Waals surface area contributed by atoms with Crippen LogP contribution in [0.25, 0.3) is 0 Å². The maximum atomic E-state index is 12.2. The van der Waals surface area contributed by atoms with Crippen molar-refractivity contribution < 1.29 is 19.4 Å². The van der Waals surface area contributed by atoms with E-state index in [0.29, 0.717) is 15.7 Å². The summed E-state index contributed by atoms with van der Waals surface area (Å²) in [6.45, 7) is -0.504. The monoisotopic (exact) mass is 339 g/mol. The van der Waals surface area contributed by atoms with Crippen LogP contribution in [0.15, 0.2) is 42.5 Å². The van der Waals surface area contributed by atoms with E-state index in [1.807, 2.05) is 0 Å². The Morgan fingerprint density at radius 2 is 1.73 bits per heavy atom. The summed E-state index contributed by atoms with van der Waals surface area (Å²) < 4.78 is 5.12. The fourth-order valence-corrected chi connectivity index (χ4v) is 2.24. The summed E-state index contributed by atoms with van der Waals surface area (Å²) in [5.74, 6) is -1.29. The molecule has 0 bridgehead atoms. The summed E-state index contributed by atoms with van der Waals surface area (Å²) in [4.78, 5) is 22.8. The van der Waals surface area contributed by atoms with Gasteiger partial charge in [-0.15, -0.1) is 0 Å². The SMILES string of the molecule is O=C(O)COc1ccccc1NC(=O)c1cc(Cl)cc(Cl)c1. The molecular weight excluding hydrogens is 329 g/mol. The van der Waals surface area contributed by atoms with Crippen molar-refractivity contribution in [3.05, 3.63) is 58.1 Å². The normalized spacial score (nSPS) is 10.1. The molecule has 22 heavy (non-hydrogen) atoms. The van der Waals surface area contributed by atoms with Crippen molar-refractivity contribution in [1.82, 2.24) is 0 Å². The molecule has 0 aliphatic carbocycles. The Bertz CT molecular complexity index is 698.